The Hall–Kier alpha value is -2.39. The highest BCUT2D eigenvalue weighted by Gasteiger charge is 2.29. The summed E-state index contributed by atoms with van der Waals surface area (Å²) in [6.07, 6.45) is 0.806. The molecule has 3 rings (SSSR count). The van der Waals surface area contributed by atoms with Gasteiger partial charge in [-0.25, -0.2) is 0 Å². The number of hydrogen-bond acceptors (Lipinski definition) is 7. The van der Waals surface area contributed by atoms with Crippen molar-refractivity contribution < 1.29 is 23.9 Å². The van der Waals surface area contributed by atoms with Gasteiger partial charge in [0.1, 0.15) is 16.7 Å². The van der Waals surface area contributed by atoms with E-state index in [2.05, 4.69) is 5.32 Å². The average molecular weight is 392 g/mol. The Morgan fingerprint density at radius 3 is 2.88 bits per heavy atom. The SMILES string of the molecule is CC(=O)OC(C)C(=O)N1CCOc2ccc(C=C3SC(=S)NC3=O)cc21. The molecule has 1 fully saturated rings. The van der Waals surface area contributed by atoms with E-state index in [9.17, 15) is 14.4 Å². The van der Waals surface area contributed by atoms with Gasteiger partial charge in [0.05, 0.1) is 17.1 Å². The first kappa shape index (κ1) is 18.4. The number of amides is 2. The minimum atomic E-state index is -0.894. The molecule has 1 aromatic rings. The molecule has 1 N–H and O–H groups in total. The molecule has 136 valence electrons. The lowest BCUT2D eigenvalue weighted by Crippen LogP contribution is -2.44. The molecule has 0 bridgehead atoms. The van der Waals surface area contributed by atoms with E-state index >= 15 is 0 Å². The topological polar surface area (TPSA) is 84.9 Å². The summed E-state index contributed by atoms with van der Waals surface area (Å²) < 4.78 is 11.0. The van der Waals surface area contributed by atoms with E-state index in [-0.39, 0.29) is 11.8 Å². The van der Waals surface area contributed by atoms with Crippen molar-refractivity contribution in [3.8, 4) is 5.75 Å². The van der Waals surface area contributed by atoms with Crippen molar-refractivity contribution in [2.24, 2.45) is 0 Å². The molecular formula is C17H16N2O5S2. The number of carbonyl (C=O) groups is 3. The Balaban J connectivity index is 1.90. The molecule has 0 saturated carbocycles. The predicted octanol–water partition coefficient (Wildman–Crippen LogP) is 1.85. The van der Waals surface area contributed by atoms with Gasteiger partial charge in [-0.2, -0.15) is 0 Å². The number of rotatable bonds is 3. The summed E-state index contributed by atoms with van der Waals surface area (Å²) in [7, 11) is 0. The van der Waals surface area contributed by atoms with Gasteiger partial charge >= 0.3 is 5.97 Å². The fourth-order valence-electron chi connectivity index (χ4n) is 2.64. The van der Waals surface area contributed by atoms with E-state index < -0.39 is 12.1 Å². The van der Waals surface area contributed by atoms with Gasteiger partial charge in [0.15, 0.2) is 6.10 Å². The van der Waals surface area contributed by atoms with Gasteiger partial charge in [-0.05, 0) is 30.7 Å². The summed E-state index contributed by atoms with van der Waals surface area (Å²) in [6.45, 7) is 3.48. The van der Waals surface area contributed by atoms with Crippen LogP contribution >= 0.6 is 24.0 Å². The van der Waals surface area contributed by atoms with Crippen molar-refractivity contribution in [2.45, 2.75) is 20.0 Å². The number of nitrogens with zero attached hydrogens (tertiary/aromatic N) is 1. The third kappa shape index (κ3) is 3.88. The van der Waals surface area contributed by atoms with Crippen molar-refractivity contribution in [1.29, 1.82) is 0 Å². The van der Waals surface area contributed by atoms with Crippen molar-refractivity contribution >= 4 is 57.8 Å². The van der Waals surface area contributed by atoms with E-state index in [0.29, 0.717) is 33.8 Å². The van der Waals surface area contributed by atoms with Crippen LogP contribution < -0.4 is 15.0 Å². The summed E-state index contributed by atoms with van der Waals surface area (Å²) in [5.74, 6) is -0.534. The molecule has 1 atom stereocenters. The molecule has 0 spiro atoms. The first-order chi connectivity index (χ1) is 12.3. The highest BCUT2D eigenvalue weighted by molar-refractivity contribution is 8.26. The van der Waals surface area contributed by atoms with Crippen LogP contribution in [-0.4, -0.2) is 41.4 Å². The molecule has 9 heteroatoms. The Morgan fingerprint density at radius 1 is 1.46 bits per heavy atom. The Morgan fingerprint density at radius 2 is 2.23 bits per heavy atom. The lowest BCUT2D eigenvalue weighted by atomic mass is 10.1. The number of fused-ring (bicyclic) bond motifs is 1. The zero-order valence-electron chi connectivity index (χ0n) is 14.1. The van der Waals surface area contributed by atoms with Gasteiger partial charge in [-0.3, -0.25) is 14.4 Å². The van der Waals surface area contributed by atoms with Crippen LogP contribution in [0.3, 0.4) is 0 Å². The van der Waals surface area contributed by atoms with Crippen LogP contribution in [0.5, 0.6) is 5.75 Å². The molecule has 1 saturated heterocycles. The van der Waals surface area contributed by atoms with E-state index in [1.165, 1.54) is 30.5 Å². The molecule has 2 amide bonds. The van der Waals surface area contributed by atoms with Gasteiger partial charge in [-0.15, -0.1) is 0 Å². The molecule has 0 radical (unpaired) electrons. The second kappa shape index (κ2) is 7.46. The van der Waals surface area contributed by atoms with Crippen molar-refractivity contribution in [3.05, 3.63) is 28.7 Å². The third-order valence-corrected chi connectivity index (χ3v) is 4.91. The molecule has 1 unspecified atom stereocenters. The zero-order chi connectivity index (χ0) is 18.8. The second-order valence-electron chi connectivity index (χ2n) is 5.67. The molecule has 2 aliphatic heterocycles. The highest BCUT2D eigenvalue weighted by Crippen LogP contribution is 2.35. The van der Waals surface area contributed by atoms with Gasteiger partial charge in [0, 0.05) is 6.92 Å². The number of carbonyl (C=O) groups excluding carboxylic acids is 3. The largest absolute Gasteiger partial charge is 0.490 e. The molecule has 26 heavy (non-hydrogen) atoms. The third-order valence-electron chi connectivity index (χ3n) is 3.74. The molecule has 1 aromatic carbocycles. The number of esters is 1. The van der Waals surface area contributed by atoms with Gasteiger partial charge < -0.3 is 19.7 Å². The molecular weight excluding hydrogens is 376 g/mol. The smallest absolute Gasteiger partial charge is 0.303 e. The summed E-state index contributed by atoms with van der Waals surface area (Å²) in [5.41, 5.74) is 1.30. The number of anilines is 1. The van der Waals surface area contributed by atoms with Crippen LogP contribution in [0.2, 0.25) is 0 Å². The van der Waals surface area contributed by atoms with E-state index in [4.69, 9.17) is 21.7 Å². The summed E-state index contributed by atoms with van der Waals surface area (Å²) in [4.78, 5) is 37.6. The minimum Gasteiger partial charge on any atom is -0.490 e. The number of ether oxygens (including phenoxy) is 2. The van der Waals surface area contributed by atoms with Crippen molar-refractivity contribution in [3.63, 3.8) is 0 Å². The maximum atomic E-state index is 12.6. The lowest BCUT2D eigenvalue weighted by Gasteiger charge is -2.31. The second-order valence-corrected chi connectivity index (χ2v) is 7.39. The van der Waals surface area contributed by atoms with Crippen LogP contribution in [0, 0.1) is 0 Å². The maximum Gasteiger partial charge on any atom is 0.303 e. The molecule has 0 aliphatic carbocycles. The van der Waals surface area contributed by atoms with Crippen molar-refractivity contribution in [2.75, 3.05) is 18.1 Å². The van der Waals surface area contributed by atoms with Crippen LogP contribution in [0.4, 0.5) is 5.69 Å². The van der Waals surface area contributed by atoms with Crippen LogP contribution in [-0.2, 0) is 19.1 Å². The van der Waals surface area contributed by atoms with E-state index in [0.717, 1.165) is 5.56 Å². The lowest BCUT2D eigenvalue weighted by molar-refractivity contribution is -0.151. The average Bonchev–Trinajstić information content (AvgIpc) is 2.90. The summed E-state index contributed by atoms with van der Waals surface area (Å²) >= 11 is 6.17. The molecule has 0 aromatic heterocycles. The van der Waals surface area contributed by atoms with Gasteiger partial charge in [0.2, 0.25) is 0 Å². The molecule has 2 aliphatic rings. The summed E-state index contributed by atoms with van der Waals surface area (Å²) in [5, 5.41) is 2.56. The van der Waals surface area contributed by atoms with E-state index in [1.54, 1.807) is 24.3 Å². The first-order valence-electron chi connectivity index (χ1n) is 7.85. The van der Waals surface area contributed by atoms with Crippen molar-refractivity contribution in [1.82, 2.24) is 5.32 Å². The number of hydrogen-bond donors (Lipinski definition) is 1. The Kier molecular flexibility index (Phi) is 5.28. The monoisotopic (exact) mass is 392 g/mol. The zero-order valence-corrected chi connectivity index (χ0v) is 15.7. The van der Waals surface area contributed by atoms with Gasteiger partial charge in [0.25, 0.3) is 11.8 Å². The number of benzene rings is 1. The quantitative estimate of drug-likeness (QED) is 0.477. The number of thiocarbonyl (C=S) groups is 1. The summed E-state index contributed by atoms with van der Waals surface area (Å²) in [6, 6.07) is 5.30. The fourth-order valence-corrected chi connectivity index (χ4v) is 3.69. The molecule has 7 nitrogen and oxygen atoms in total. The predicted molar refractivity (Wildman–Crippen MR) is 102 cm³/mol. The molecule has 2 heterocycles. The Labute approximate surface area is 159 Å². The standard InChI is InChI=1S/C17H16N2O5S2/c1-9(24-10(2)20)16(22)19-5-6-23-13-4-3-11(7-12(13)19)8-14-15(21)18-17(25)26-14/h3-4,7-9H,5-6H2,1-2H3,(H,18,21,25). The normalized spacial score (nSPS) is 18.8. The van der Waals surface area contributed by atoms with Crippen LogP contribution in [0.1, 0.15) is 19.4 Å². The van der Waals surface area contributed by atoms with Gasteiger partial charge in [-0.1, -0.05) is 30.0 Å². The Bertz CT molecular complexity index is 836. The number of nitrogens with one attached hydrogen (secondary N) is 1. The van der Waals surface area contributed by atoms with Crippen LogP contribution in [0.15, 0.2) is 23.1 Å². The fraction of sp³-hybridized carbons (Fsp3) is 0.294. The number of thioether (sulfide) groups is 1. The minimum absolute atomic E-state index is 0.245. The maximum absolute atomic E-state index is 12.6. The van der Waals surface area contributed by atoms with E-state index in [1.807, 2.05) is 0 Å². The first-order valence-corrected chi connectivity index (χ1v) is 9.08. The highest BCUT2D eigenvalue weighted by atomic mass is 32.2. The van der Waals surface area contributed by atoms with Crippen LogP contribution in [0.25, 0.3) is 6.08 Å².